The third-order valence-corrected chi connectivity index (χ3v) is 3.93. The van der Waals surface area contributed by atoms with Crippen molar-refractivity contribution in [3.05, 3.63) is 45.4 Å². The summed E-state index contributed by atoms with van der Waals surface area (Å²) in [7, 11) is 0. The quantitative estimate of drug-likeness (QED) is 0.732. The predicted octanol–water partition coefficient (Wildman–Crippen LogP) is 2.68. The average molecular weight is 327 g/mol. The topological polar surface area (TPSA) is 54.4 Å². The molecule has 0 aliphatic rings. The Kier molecular flexibility index (Phi) is 6.45. The van der Waals surface area contributed by atoms with Gasteiger partial charge in [-0.1, -0.05) is 11.6 Å². The van der Waals surface area contributed by atoms with Gasteiger partial charge in [0.15, 0.2) is 0 Å². The number of aryl methyl sites for hydroxylation is 1. The minimum absolute atomic E-state index is 0.254. The summed E-state index contributed by atoms with van der Waals surface area (Å²) in [6.45, 7) is 3.54. The van der Waals surface area contributed by atoms with Crippen molar-refractivity contribution in [2.24, 2.45) is 0 Å². The van der Waals surface area contributed by atoms with Crippen molar-refractivity contribution in [1.29, 1.82) is 0 Å². The molecule has 0 radical (unpaired) electrons. The van der Waals surface area contributed by atoms with E-state index in [1.165, 1.54) is 0 Å². The molecule has 0 aliphatic carbocycles. The second-order valence-electron chi connectivity index (χ2n) is 4.73. The molecular formula is C15H19ClN2O2S. The van der Waals surface area contributed by atoms with Gasteiger partial charge in [0.1, 0.15) is 18.5 Å². The molecule has 0 aliphatic heterocycles. The van der Waals surface area contributed by atoms with Crippen LogP contribution >= 0.6 is 22.9 Å². The highest BCUT2D eigenvalue weighted by atomic mass is 35.5. The van der Waals surface area contributed by atoms with E-state index in [1.54, 1.807) is 35.6 Å². The van der Waals surface area contributed by atoms with E-state index in [4.69, 9.17) is 16.3 Å². The first-order valence-corrected chi connectivity index (χ1v) is 8.07. The molecule has 1 aromatic carbocycles. The largest absolute Gasteiger partial charge is 0.491 e. The fourth-order valence-electron chi connectivity index (χ4n) is 1.79. The average Bonchev–Trinajstić information content (AvgIpc) is 2.89. The molecule has 1 unspecified atom stereocenters. The highest BCUT2D eigenvalue weighted by Crippen LogP contribution is 2.15. The van der Waals surface area contributed by atoms with Crippen LogP contribution in [0, 0.1) is 6.92 Å². The van der Waals surface area contributed by atoms with Crippen molar-refractivity contribution < 1.29 is 9.84 Å². The van der Waals surface area contributed by atoms with Gasteiger partial charge in [0.05, 0.1) is 10.7 Å². The second kappa shape index (κ2) is 8.34. The van der Waals surface area contributed by atoms with Crippen LogP contribution in [0.3, 0.4) is 0 Å². The Labute approximate surface area is 133 Å². The molecule has 2 aromatic rings. The Morgan fingerprint density at radius 3 is 2.81 bits per heavy atom. The van der Waals surface area contributed by atoms with Crippen LogP contribution < -0.4 is 10.1 Å². The van der Waals surface area contributed by atoms with E-state index in [0.717, 1.165) is 23.7 Å². The van der Waals surface area contributed by atoms with Crippen molar-refractivity contribution in [3.63, 3.8) is 0 Å². The van der Waals surface area contributed by atoms with Crippen molar-refractivity contribution in [3.8, 4) is 5.75 Å². The lowest BCUT2D eigenvalue weighted by Crippen LogP contribution is -2.32. The summed E-state index contributed by atoms with van der Waals surface area (Å²) in [5, 5.41) is 16.9. The fraction of sp³-hybridized carbons (Fsp3) is 0.400. The SMILES string of the molecule is Cc1nc(CCNCC(O)COc2ccc(Cl)cc2)cs1. The molecule has 1 heterocycles. The molecule has 2 N–H and O–H groups in total. The number of aliphatic hydroxyl groups excluding tert-OH is 1. The molecule has 114 valence electrons. The summed E-state index contributed by atoms with van der Waals surface area (Å²) in [6, 6.07) is 7.09. The van der Waals surface area contributed by atoms with Gasteiger partial charge >= 0.3 is 0 Å². The smallest absolute Gasteiger partial charge is 0.119 e. The minimum Gasteiger partial charge on any atom is -0.491 e. The standard InChI is InChI=1S/C15H19ClN2O2S/c1-11-18-13(10-21-11)6-7-17-8-14(19)9-20-15-4-2-12(16)3-5-15/h2-5,10,14,17,19H,6-9H2,1H3. The first-order chi connectivity index (χ1) is 10.1. The summed E-state index contributed by atoms with van der Waals surface area (Å²) in [5.41, 5.74) is 1.09. The van der Waals surface area contributed by atoms with Crippen molar-refractivity contribution in [2.45, 2.75) is 19.4 Å². The molecule has 0 saturated heterocycles. The third kappa shape index (κ3) is 6.01. The monoisotopic (exact) mass is 326 g/mol. The number of nitrogens with one attached hydrogen (secondary N) is 1. The van der Waals surface area contributed by atoms with Crippen LogP contribution in [0.2, 0.25) is 5.02 Å². The zero-order valence-corrected chi connectivity index (χ0v) is 13.5. The summed E-state index contributed by atoms with van der Waals surface area (Å²) >= 11 is 7.45. The van der Waals surface area contributed by atoms with Gasteiger partial charge in [0.2, 0.25) is 0 Å². The summed E-state index contributed by atoms with van der Waals surface area (Å²) in [6.07, 6.45) is 0.326. The molecule has 0 fully saturated rings. The lowest BCUT2D eigenvalue weighted by Gasteiger charge is -2.13. The van der Waals surface area contributed by atoms with Crippen LogP contribution in [-0.4, -0.2) is 35.9 Å². The lowest BCUT2D eigenvalue weighted by molar-refractivity contribution is 0.106. The highest BCUT2D eigenvalue weighted by Gasteiger charge is 2.05. The lowest BCUT2D eigenvalue weighted by atomic mass is 10.3. The van der Waals surface area contributed by atoms with Gasteiger partial charge in [-0.2, -0.15) is 0 Å². The number of hydrogen-bond acceptors (Lipinski definition) is 5. The van der Waals surface area contributed by atoms with Gasteiger partial charge in [-0.05, 0) is 31.2 Å². The van der Waals surface area contributed by atoms with E-state index in [9.17, 15) is 5.11 Å². The van der Waals surface area contributed by atoms with Crippen LogP contribution in [-0.2, 0) is 6.42 Å². The van der Waals surface area contributed by atoms with Crippen LogP contribution in [0.5, 0.6) is 5.75 Å². The number of thiazole rings is 1. The Balaban J connectivity index is 1.59. The van der Waals surface area contributed by atoms with Crippen LogP contribution in [0.15, 0.2) is 29.6 Å². The Morgan fingerprint density at radius 1 is 1.38 bits per heavy atom. The van der Waals surface area contributed by atoms with Crippen LogP contribution in [0.4, 0.5) is 0 Å². The number of nitrogens with zero attached hydrogens (tertiary/aromatic N) is 1. The summed E-state index contributed by atoms with van der Waals surface area (Å²) < 4.78 is 5.48. The zero-order valence-electron chi connectivity index (χ0n) is 11.9. The van der Waals surface area contributed by atoms with Gasteiger partial charge in [0.25, 0.3) is 0 Å². The van der Waals surface area contributed by atoms with Gasteiger partial charge < -0.3 is 15.2 Å². The number of hydrogen-bond donors (Lipinski definition) is 2. The Hall–Kier alpha value is -1.14. The predicted molar refractivity (Wildman–Crippen MR) is 86.4 cm³/mol. The maximum absolute atomic E-state index is 9.84. The highest BCUT2D eigenvalue weighted by molar-refractivity contribution is 7.09. The maximum atomic E-state index is 9.84. The minimum atomic E-state index is -0.544. The van der Waals surface area contributed by atoms with Gasteiger partial charge in [0, 0.05) is 29.9 Å². The second-order valence-corrected chi connectivity index (χ2v) is 6.23. The molecule has 2 rings (SSSR count). The van der Waals surface area contributed by atoms with Gasteiger partial charge in [-0.15, -0.1) is 11.3 Å². The molecule has 4 nitrogen and oxygen atoms in total. The molecule has 0 amide bonds. The number of halogens is 1. The van der Waals surface area contributed by atoms with Gasteiger partial charge in [-0.3, -0.25) is 0 Å². The molecular weight excluding hydrogens is 308 g/mol. The number of aliphatic hydroxyl groups is 1. The molecule has 21 heavy (non-hydrogen) atoms. The zero-order chi connectivity index (χ0) is 15.1. The number of ether oxygens (including phenoxy) is 1. The third-order valence-electron chi connectivity index (χ3n) is 2.86. The van der Waals surface area contributed by atoms with Gasteiger partial charge in [-0.25, -0.2) is 4.98 Å². The molecule has 6 heteroatoms. The van der Waals surface area contributed by atoms with Crippen molar-refractivity contribution >= 4 is 22.9 Å². The van der Waals surface area contributed by atoms with Crippen molar-refractivity contribution in [1.82, 2.24) is 10.3 Å². The number of benzene rings is 1. The van der Waals surface area contributed by atoms with E-state index >= 15 is 0 Å². The fourth-order valence-corrected chi connectivity index (χ4v) is 2.56. The molecule has 1 aromatic heterocycles. The molecule has 1 atom stereocenters. The van der Waals surface area contributed by atoms with E-state index in [-0.39, 0.29) is 6.61 Å². The first kappa shape index (κ1) is 16.2. The normalized spacial score (nSPS) is 12.3. The Bertz CT molecular complexity index is 545. The first-order valence-electron chi connectivity index (χ1n) is 6.81. The van der Waals surface area contributed by atoms with E-state index < -0.39 is 6.10 Å². The van der Waals surface area contributed by atoms with E-state index in [2.05, 4.69) is 15.7 Å². The number of aromatic nitrogens is 1. The molecule has 0 bridgehead atoms. The summed E-state index contributed by atoms with van der Waals surface area (Å²) in [4.78, 5) is 4.39. The van der Waals surface area contributed by atoms with E-state index in [0.29, 0.717) is 17.3 Å². The number of rotatable bonds is 8. The van der Waals surface area contributed by atoms with Crippen LogP contribution in [0.25, 0.3) is 0 Å². The van der Waals surface area contributed by atoms with Crippen LogP contribution in [0.1, 0.15) is 10.7 Å². The van der Waals surface area contributed by atoms with E-state index in [1.807, 2.05) is 6.92 Å². The Morgan fingerprint density at radius 2 is 2.14 bits per heavy atom. The molecule has 0 spiro atoms. The maximum Gasteiger partial charge on any atom is 0.119 e. The molecule has 0 saturated carbocycles. The summed E-state index contributed by atoms with van der Waals surface area (Å²) in [5.74, 6) is 0.705. The van der Waals surface area contributed by atoms with Crippen molar-refractivity contribution in [2.75, 3.05) is 19.7 Å².